The third-order valence-electron chi connectivity index (χ3n) is 4.45. The van der Waals surface area contributed by atoms with Crippen LogP contribution in [0.1, 0.15) is 40.0 Å². The second-order valence-electron chi connectivity index (χ2n) is 6.57. The Morgan fingerprint density at radius 1 is 1.29 bits per heavy atom. The highest BCUT2D eigenvalue weighted by Gasteiger charge is 2.32. The highest BCUT2D eigenvalue weighted by atomic mass is 16.5. The number of nitrogens with zero attached hydrogens (tertiary/aromatic N) is 2. The molecular formula is C16H31N3O2. The third-order valence-corrected chi connectivity index (χ3v) is 4.45. The lowest BCUT2D eigenvalue weighted by Gasteiger charge is -2.27. The zero-order valence-corrected chi connectivity index (χ0v) is 13.8. The van der Waals surface area contributed by atoms with Gasteiger partial charge in [0.05, 0.1) is 6.61 Å². The van der Waals surface area contributed by atoms with Crippen molar-refractivity contribution in [2.75, 3.05) is 39.3 Å². The second kappa shape index (κ2) is 8.11. The van der Waals surface area contributed by atoms with E-state index in [-0.39, 0.29) is 18.1 Å². The van der Waals surface area contributed by atoms with Crippen LogP contribution in [0.15, 0.2) is 0 Å². The van der Waals surface area contributed by atoms with Crippen molar-refractivity contribution in [3.05, 3.63) is 0 Å². The third kappa shape index (κ3) is 4.94. The van der Waals surface area contributed by atoms with Crippen LogP contribution in [0, 0.1) is 0 Å². The molecule has 0 radical (unpaired) electrons. The maximum atomic E-state index is 12.1. The van der Waals surface area contributed by atoms with Gasteiger partial charge in [0.25, 0.3) is 0 Å². The van der Waals surface area contributed by atoms with Crippen molar-refractivity contribution in [2.45, 2.75) is 58.2 Å². The van der Waals surface area contributed by atoms with Crippen LogP contribution >= 0.6 is 0 Å². The largest absolute Gasteiger partial charge is 0.465 e. The molecule has 2 saturated heterocycles. The van der Waals surface area contributed by atoms with E-state index in [0.717, 1.165) is 19.6 Å². The zero-order chi connectivity index (χ0) is 15.2. The van der Waals surface area contributed by atoms with Crippen LogP contribution in [0.25, 0.3) is 0 Å². The van der Waals surface area contributed by atoms with E-state index in [1.54, 1.807) is 0 Å². The molecule has 5 heteroatoms. The van der Waals surface area contributed by atoms with E-state index in [0.29, 0.717) is 12.6 Å². The summed E-state index contributed by atoms with van der Waals surface area (Å²) in [7, 11) is 0. The summed E-state index contributed by atoms with van der Waals surface area (Å²) in [5.74, 6) is -0.115. The van der Waals surface area contributed by atoms with Crippen LogP contribution in [-0.4, -0.2) is 73.2 Å². The Morgan fingerprint density at radius 2 is 2.00 bits per heavy atom. The van der Waals surface area contributed by atoms with Crippen LogP contribution in [-0.2, 0) is 9.53 Å². The molecule has 0 amide bonds. The van der Waals surface area contributed by atoms with E-state index in [2.05, 4.69) is 29.0 Å². The number of likely N-dealkylation sites (tertiary alicyclic amines) is 2. The highest BCUT2D eigenvalue weighted by molar-refractivity contribution is 5.76. The van der Waals surface area contributed by atoms with E-state index < -0.39 is 0 Å². The minimum Gasteiger partial charge on any atom is -0.465 e. The average Bonchev–Trinajstić information content (AvgIpc) is 3.08. The minimum atomic E-state index is -0.206. The summed E-state index contributed by atoms with van der Waals surface area (Å²) in [4.78, 5) is 17.1. The molecule has 0 bridgehead atoms. The van der Waals surface area contributed by atoms with Gasteiger partial charge in [-0.3, -0.25) is 14.6 Å². The molecule has 2 atom stereocenters. The molecule has 5 nitrogen and oxygen atoms in total. The van der Waals surface area contributed by atoms with Gasteiger partial charge in [0.2, 0.25) is 0 Å². The van der Waals surface area contributed by atoms with E-state index in [9.17, 15) is 4.79 Å². The van der Waals surface area contributed by atoms with Crippen LogP contribution in [0.4, 0.5) is 0 Å². The lowest BCUT2D eigenvalue weighted by molar-refractivity contribution is -0.146. The molecule has 2 fully saturated rings. The monoisotopic (exact) mass is 297 g/mol. The first-order valence-corrected chi connectivity index (χ1v) is 8.49. The van der Waals surface area contributed by atoms with Gasteiger partial charge < -0.3 is 10.1 Å². The molecule has 2 heterocycles. The first kappa shape index (κ1) is 16.7. The lowest BCUT2D eigenvalue weighted by atomic mass is 10.2. The van der Waals surface area contributed by atoms with E-state index >= 15 is 0 Å². The fraction of sp³-hybridized carbons (Fsp3) is 0.938. The molecule has 2 unspecified atom stereocenters. The first-order chi connectivity index (χ1) is 10.1. The number of ether oxygens (including phenoxy) is 1. The van der Waals surface area contributed by atoms with Gasteiger partial charge in [-0.1, -0.05) is 13.8 Å². The van der Waals surface area contributed by atoms with E-state index in [4.69, 9.17) is 4.74 Å². The van der Waals surface area contributed by atoms with Gasteiger partial charge in [-0.25, -0.2) is 0 Å². The zero-order valence-electron chi connectivity index (χ0n) is 13.8. The van der Waals surface area contributed by atoms with Crippen LogP contribution in [0.5, 0.6) is 0 Å². The summed E-state index contributed by atoms with van der Waals surface area (Å²) in [5, 5.41) is 3.35. The maximum absolute atomic E-state index is 12.1. The average molecular weight is 297 g/mol. The molecule has 0 aromatic rings. The molecule has 1 N–H and O–H groups in total. The molecule has 21 heavy (non-hydrogen) atoms. The summed E-state index contributed by atoms with van der Waals surface area (Å²) < 4.78 is 5.20. The van der Waals surface area contributed by atoms with Gasteiger partial charge in [0.15, 0.2) is 0 Å². The summed E-state index contributed by atoms with van der Waals surface area (Å²) in [6.07, 6.45) is 3.92. The van der Waals surface area contributed by atoms with E-state index in [1.807, 2.05) is 6.92 Å². The molecule has 0 aromatic carbocycles. The number of rotatable bonds is 7. The van der Waals surface area contributed by atoms with Crippen molar-refractivity contribution in [2.24, 2.45) is 0 Å². The van der Waals surface area contributed by atoms with Gasteiger partial charge in [0.1, 0.15) is 6.04 Å². The number of nitrogens with one attached hydrogen (secondary N) is 1. The van der Waals surface area contributed by atoms with Gasteiger partial charge in [-0.2, -0.15) is 0 Å². The van der Waals surface area contributed by atoms with Crippen molar-refractivity contribution in [3.63, 3.8) is 0 Å². The van der Waals surface area contributed by atoms with Crippen LogP contribution < -0.4 is 5.32 Å². The fourth-order valence-electron chi connectivity index (χ4n) is 3.48. The Morgan fingerprint density at radius 3 is 2.62 bits per heavy atom. The Hall–Kier alpha value is -0.650. The molecule has 0 aromatic heterocycles. The Bertz CT molecular complexity index is 329. The standard InChI is InChI=1S/C16H31N3O2/c1-4-21-16(20)15(17-13(2)3)12-18-10-7-14(11-18)19-8-5-6-9-19/h13-15,17H,4-12H2,1-3H3. The fourth-order valence-corrected chi connectivity index (χ4v) is 3.48. The number of hydrogen-bond acceptors (Lipinski definition) is 5. The minimum absolute atomic E-state index is 0.115. The normalized spacial score (nSPS) is 25.6. The summed E-state index contributed by atoms with van der Waals surface area (Å²) >= 11 is 0. The molecule has 0 spiro atoms. The molecular weight excluding hydrogens is 266 g/mol. The maximum Gasteiger partial charge on any atom is 0.324 e. The quantitative estimate of drug-likeness (QED) is 0.713. The lowest BCUT2D eigenvalue weighted by Crippen LogP contribution is -2.49. The second-order valence-corrected chi connectivity index (χ2v) is 6.57. The summed E-state index contributed by atoms with van der Waals surface area (Å²) in [6, 6.07) is 0.771. The first-order valence-electron chi connectivity index (χ1n) is 8.49. The van der Waals surface area contributed by atoms with Crippen LogP contribution in [0.3, 0.4) is 0 Å². The Labute approximate surface area is 129 Å². The molecule has 2 aliphatic rings. The topological polar surface area (TPSA) is 44.8 Å². The number of hydrogen-bond donors (Lipinski definition) is 1. The Balaban J connectivity index is 1.83. The smallest absolute Gasteiger partial charge is 0.324 e. The van der Waals surface area contributed by atoms with Crippen molar-refractivity contribution in [1.82, 2.24) is 15.1 Å². The van der Waals surface area contributed by atoms with Crippen molar-refractivity contribution in [3.8, 4) is 0 Å². The van der Waals surface area contributed by atoms with E-state index in [1.165, 1.54) is 32.4 Å². The molecule has 2 aliphatic heterocycles. The van der Waals surface area contributed by atoms with Crippen molar-refractivity contribution >= 4 is 5.97 Å². The molecule has 0 aliphatic carbocycles. The summed E-state index contributed by atoms with van der Waals surface area (Å²) in [6.45, 7) is 11.9. The van der Waals surface area contributed by atoms with Crippen molar-refractivity contribution < 1.29 is 9.53 Å². The molecule has 122 valence electrons. The van der Waals surface area contributed by atoms with Gasteiger partial charge in [-0.15, -0.1) is 0 Å². The van der Waals surface area contributed by atoms with Gasteiger partial charge >= 0.3 is 5.97 Å². The van der Waals surface area contributed by atoms with Crippen molar-refractivity contribution in [1.29, 1.82) is 0 Å². The Kier molecular flexibility index (Phi) is 6.45. The predicted octanol–water partition coefficient (Wildman–Crippen LogP) is 1.09. The number of carbonyl (C=O) groups excluding carboxylic acids is 1. The highest BCUT2D eigenvalue weighted by Crippen LogP contribution is 2.20. The molecule has 2 rings (SSSR count). The number of esters is 1. The SMILES string of the molecule is CCOC(=O)C(CN1CCC(N2CCCC2)C1)NC(C)C. The van der Waals surface area contributed by atoms with Gasteiger partial charge in [-0.05, 0) is 45.8 Å². The summed E-state index contributed by atoms with van der Waals surface area (Å²) in [5.41, 5.74) is 0. The predicted molar refractivity (Wildman–Crippen MR) is 84.3 cm³/mol. The van der Waals surface area contributed by atoms with Crippen LogP contribution in [0.2, 0.25) is 0 Å². The van der Waals surface area contributed by atoms with Gasteiger partial charge in [0, 0.05) is 25.2 Å². The molecule has 0 saturated carbocycles. The number of carbonyl (C=O) groups is 1.